The molecule has 0 amide bonds. The number of carbonyl (C=O) groups is 1. The summed E-state index contributed by atoms with van der Waals surface area (Å²) in [7, 11) is 1.36. The van der Waals surface area contributed by atoms with Crippen LogP contribution in [0.25, 0.3) is 10.9 Å². The van der Waals surface area contributed by atoms with Crippen LogP contribution in [-0.4, -0.2) is 37.3 Å². The Morgan fingerprint density at radius 2 is 2.25 bits per heavy atom. The highest BCUT2D eigenvalue weighted by Crippen LogP contribution is 2.22. The lowest BCUT2D eigenvalue weighted by Gasteiger charge is -2.04. The molecule has 0 radical (unpaired) electrons. The average Bonchev–Trinajstić information content (AvgIpc) is 3.08. The van der Waals surface area contributed by atoms with Gasteiger partial charge in [-0.15, -0.1) is 0 Å². The lowest BCUT2D eigenvalue weighted by Crippen LogP contribution is -2.12. The minimum atomic E-state index is -0.395. The Hall–Kier alpha value is -2.50. The van der Waals surface area contributed by atoms with Gasteiger partial charge in [0.2, 0.25) is 0 Å². The van der Waals surface area contributed by atoms with Crippen LogP contribution in [0.15, 0.2) is 29.3 Å². The Morgan fingerprint density at radius 3 is 2.80 bits per heavy atom. The highest BCUT2D eigenvalue weighted by Gasteiger charge is 2.12. The van der Waals surface area contributed by atoms with E-state index in [1.807, 2.05) is 25.1 Å². The number of rotatable bonds is 0. The van der Waals surface area contributed by atoms with Crippen molar-refractivity contribution in [2.24, 2.45) is 4.99 Å². The molecule has 2 aromatic rings. The van der Waals surface area contributed by atoms with E-state index in [0.717, 1.165) is 29.7 Å². The first-order chi connectivity index (χ1) is 9.63. The zero-order chi connectivity index (χ0) is 14.5. The third-order valence-corrected chi connectivity index (χ3v) is 2.86. The van der Waals surface area contributed by atoms with E-state index in [1.165, 1.54) is 18.1 Å². The average molecular weight is 275 g/mol. The molecule has 1 aromatic heterocycles. The highest BCUT2D eigenvalue weighted by atomic mass is 16.5. The fraction of sp³-hybridized carbons (Fsp3) is 0.286. The topological polar surface area (TPSA) is 78.8 Å². The highest BCUT2D eigenvalue weighted by molar-refractivity contribution is 5.92. The summed E-state index contributed by atoms with van der Waals surface area (Å²) in [6.07, 6.45) is 1.09. The SMILES string of the molecule is C1=NCCO1.COC(=O)n1c(C)cc2ccc(N)cc21. The number of ether oxygens (including phenoxy) is 2. The lowest BCUT2D eigenvalue weighted by atomic mass is 10.2. The van der Waals surface area contributed by atoms with Gasteiger partial charge in [0, 0.05) is 16.8 Å². The predicted octanol–water partition coefficient (Wildman–Crippen LogP) is 2.19. The number of nitrogens with zero attached hydrogens (tertiary/aromatic N) is 2. The molecular formula is C14H17N3O3. The van der Waals surface area contributed by atoms with Crippen molar-refractivity contribution in [2.75, 3.05) is 26.0 Å². The summed E-state index contributed by atoms with van der Waals surface area (Å²) < 4.78 is 10.9. The fourth-order valence-electron chi connectivity index (χ4n) is 1.95. The molecular weight excluding hydrogens is 258 g/mol. The van der Waals surface area contributed by atoms with Crippen LogP contribution >= 0.6 is 0 Å². The number of hydrogen-bond acceptors (Lipinski definition) is 5. The number of methoxy groups -OCH3 is 1. The van der Waals surface area contributed by atoms with Gasteiger partial charge >= 0.3 is 6.09 Å². The number of aryl methyl sites for hydroxylation is 1. The normalized spacial score (nSPS) is 12.7. The summed E-state index contributed by atoms with van der Waals surface area (Å²) in [6, 6.07) is 7.38. The van der Waals surface area contributed by atoms with Crippen LogP contribution in [0.2, 0.25) is 0 Å². The third-order valence-electron chi connectivity index (χ3n) is 2.86. The molecule has 2 heterocycles. The van der Waals surface area contributed by atoms with Gasteiger partial charge in [0.05, 0.1) is 19.2 Å². The molecule has 1 aliphatic rings. The molecule has 0 unspecified atom stereocenters. The van der Waals surface area contributed by atoms with Crippen molar-refractivity contribution in [1.82, 2.24) is 4.57 Å². The molecule has 0 saturated carbocycles. The molecule has 1 aliphatic heterocycles. The summed E-state index contributed by atoms with van der Waals surface area (Å²) in [5.74, 6) is 0. The molecule has 6 heteroatoms. The van der Waals surface area contributed by atoms with Crippen LogP contribution < -0.4 is 5.73 Å². The van der Waals surface area contributed by atoms with Crippen molar-refractivity contribution < 1.29 is 14.3 Å². The van der Waals surface area contributed by atoms with Crippen LogP contribution in [0.5, 0.6) is 0 Å². The monoisotopic (exact) mass is 275 g/mol. The second-order valence-corrected chi connectivity index (χ2v) is 4.29. The molecule has 3 rings (SSSR count). The molecule has 0 aliphatic carbocycles. The number of aromatic nitrogens is 1. The van der Waals surface area contributed by atoms with E-state index in [0.29, 0.717) is 5.69 Å². The number of benzene rings is 1. The summed E-state index contributed by atoms with van der Waals surface area (Å²) in [6.45, 7) is 3.48. The van der Waals surface area contributed by atoms with Crippen molar-refractivity contribution in [3.63, 3.8) is 0 Å². The van der Waals surface area contributed by atoms with E-state index in [9.17, 15) is 4.79 Å². The smallest absolute Gasteiger partial charge is 0.418 e. The first-order valence-electron chi connectivity index (χ1n) is 6.19. The van der Waals surface area contributed by atoms with Gasteiger partial charge in [0.15, 0.2) is 6.40 Å². The van der Waals surface area contributed by atoms with Gasteiger partial charge in [-0.25, -0.2) is 9.36 Å². The van der Waals surface area contributed by atoms with E-state index in [-0.39, 0.29) is 0 Å². The summed E-state index contributed by atoms with van der Waals surface area (Å²) in [4.78, 5) is 15.3. The molecule has 0 spiro atoms. The number of nitrogen functional groups attached to an aromatic ring is 1. The zero-order valence-corrected chi connectivity index (χ0v) is 11.5. The maximum Gasteiger partial charge on any atom is 0.418 e. The predicted molar refractivity (Wildman–Crippen MR) is 78.2 cm³/mol. The Labute approximate surface area is 116 Å². The Bertz CT molecular complexity index is 640. The number of aliphatic imine (C=N–C) groups is 1. The lowest BCUT2D eigenvalue weighted by molar-refractivity contribution is 0.173. The number of anilines is 1. The van der Waals surface area contributed by atoms with Gasteiger partial charge in [-0.1, -0.05) is 6.07 Å². The molecule has 106 valence electrons. The zero-order valence-electron chi connectivity index (χ0n) is 11.5. The van der Waals surface area contributed by atoms with Gasteiger partial charge in [-0.2, -0.15) is 0 Å². The van der Waals surface area contributed by atoms with Crippen LogP contribution in [-0.2, 0) is 9.47 Å². The van der Waals surface area contributed by atoms with Gasteiger partial charge in [-0.05, 0) is 25.1 Å². The van der Waals surface area contributed by atoms with Crippen LogP contribution in [0, 0.1) is 6.92 Å². The molecule has 1 aromatic carbocycles. The maximum absolute atomic E-state index is 11.5. The Kier molecular flexibility index (Phi) is 4.24. The second-order valence-electron chi connectivity index (χ2n) is 4.29. The molecule has 20 heavy (non-hydrogen) atoms. The summed E-state index contributed by atoms with van der Waals surface area (Å²) in [5, 5.41) is 0.979. The Morgan fingerprint density at radius 1 is 1.45 bits per heavy atom. The minimum Gasteiger partial charge on any atom is -0.482 e. The van der Waals surface area contributed by atoms with Crippen molar-refractivity contribution in [1.29, 1.82) is 0 Å². The fourth-order valence-corrected chi connectivity index (χ4v) is 1.95. The number of fused-ring (bicyclic) bond motifs is 1. The first-order valence-corrected chi connectivity index (χ1v) is 6.19. The largest absolute Gasteiger partial charge is 0.482 e. The van der Waals surface area contributed by atoms with Crippen molar-refractivity contribution in [3.05, 3.63) is 30.0 Å². The maximum atomic E-state index is 11.5. The van der Waals surface area contributed by atoms with Crippen molar-refractivity contribution in [2.45, 2.75) is 6.92 Å². The molecule has 2 N–H and O–H groups in total. The first kappa shape index (κ1) is 13.9. The molecule has 0 atom stereocenters. The number of hydrogen-bond donors (Lipinski definition) is 1. The summed E-state index contributed by atoms with van der Waals surface area (Å²) in [5.41, 5.74) is 7.92. The van der Waals surface area contributed by atoms with Gasteiger partial charge in [0.1, 0.15) is 6.61 Å². The van der Waals surface area contributed by atoms with Crippen LogP contribution in [0.1, 0.15) is 5.69 Å². The van der Waals surface area contributed by atoms with Crippen LogP contribution in [0.3, 0.4) is 0 Å². The van der Waals surface area contributed by atoms with E-state index >= 15 is 0 Å². The molecule has 6 nitrogen and oxygen atoms in total. The van der Waals surface area contributed by atoms with Gasteiger partial charge in [0.25, 0.3) is 0 Å². The third kappa shape index (κ3) is 2.90. The van der Waals surface area contributed by atoms with Crippen molar-refractivity contribution in [3.8, 4) is 0 Å². The Balaban J connectivity index is 0.000000247. The summed E-state index contributed by atoms with van der Waals surface area (Å²) >= 11 is 0. The van der Waals surface area contributed by atoms with Crippen LogP contribution in [0.4, 0.5) is 10.5 Å². The van der Waals surface area contributed by atoms with Gasteiger partial charge < -0.3 is 15.2 Å². The van der Waals surface area contributed by atoms with E-state index in [4.69, 9.17) is 10.5 Å². The van der Waals surface area contributed by atoms with E-state index in [2.05, 4.69) is 9.73 Å². The van der Waals surface area contributed by atoms with Crippen molar-refractivity contribution >= 4 is 29.1 Å². The molecule has 0 fully saturated rings. The van der Waals surface area contributed by atoms with E-state index in [1.54, 1.807) is 6.07 Å². The minimum absolute atomic E-state index is 0.395. The molecule has 0 saturated heterocycles. The number of carbonyl (C=O) groups excluding carboxylic acids is 1. The number of nitrogens with two attached hydrogens (primary N) is 1. The van der Waals surface area contributed by atoms with E-state index < -0.39 is 6.09 Å². The van der Waals surface area contributed by atoms with Gasteiger partial charge in [-0.3, -0.25) is 4.99 Å². The standard InChI is InChI=1S/C11H12N2O2.C3H5NO/c1-7-5-8-3-4-9(12)6-10(8)13(7)11(14)15-2;1-2-5-3-4-1/h3-6H,12H2,1-2H3;3H,1-2H2. The second kappa shape index (κ2) is 6.10. The quantitative estimate of drug-likeness (QED) is 0.747. The molecule has 0 bridgehead atoms.